The van der Waals surface area contributed by atoms with Gasteiger partial charge >= 0.3 is 5.97 Å². The van der Waals surface area contributed by atoms with E-state index in [-0.39, 0.29) is 18.2 Å². The van der Waals surface area contributed by atoms with Crippen LogP contribution in [0.1, 0.15) is 71.2 Å². The lowest BCUT2D eigenvalue weighted by Crippen LogP contribution is -2.32. The zero-order chi connectivity index (χ0) is 19.8. The number of esters is 1. The molecule has 5 heteroatoms. The van der Waals surface area contributed by atoms with Crippen LogP contribution in [-0.2, 0) is 9.47 Å². The molecule has 29 heavy (non-hydrogen) atoms. The van der Waals surface area contributed by atoms with Crippen molar-refractivity contribution < 1.29 is 18.7 Å². The van der Waals surface area contributed by atoms with Gasteiger partial charge in [0.2, 0.25) is 0 Å². The summed E-state index contributed by atoms with van der Waals surface area (Å²) in [5.74, 6) is 1.86. The maximum absolute atomic E-state index is 11.8. The first-order valence-corrected chi connectivity index (χ1v) is 11.2. The number of fused-ring (bicyclic) bond motifs is 3. The van der Waals surface area contributed by atoms with Crippen molar-refractivity contribution >= 4 is 17.3 Å². The van der Waals surface area contributed by atoms with E-state index in [4.69, 9.17) is 13.9 Å². The molecule has 0 N–H and O–H groups in total. The fourth-order valence-corrected chi connectivity index (χ4v) is 5.63. The predicted octanol–water partition coefficient (Wildman–Crippen LogP) is 6.33. The molecule has 3 aromatic rings. The highest BCUT2D eigenvalue weighted by Gasteiger charge is 2.39. The van der Waals surface area contributed by atoms with Crippen LogP contribution in [0, 0.1) is 0 Å². The Morgan fingerprint density at radius 3 is 2.76 bits per heavy atom. The van der Waals surface area contributed by atoms with Crippen molar-refractivity contribution in [1.82, 2.24) is 0 Å². The van der Waals surface area contributed by atoms with Crippen LogP contribution in [0.4, 0.5) is 0 Å². The minimum absolute atomic E-state index is 0.136. The quantitative estimate of drug-likeness (QED) is 0.473. The van der Waals surface area contributed by atoms with Gasteiger partial charge in [0.05, 0.1) is 18.3 Å². The number of hydrogen-bond donors (Lipinski definition) is 0. The fourth-order valence-electron chi connectivity index (χ4n) is 4.51. The molecule has 2 aliphatic rings. The van der Waals surface area contributed by atoms with Crippen LogP contribution in [0.2, 0.25) is 0 Å². The SMILES string of the molecule is CCOC(=O)c1ccc(-c2ccc([C@H]3O[C@H]4CCCC[C@@H]4c4sccc43)o2)cc1. The van der Waals surface area contributed by atoms with Crippen LogP contribution in [0.5, 0.6) is 0 Å². The molecular formula is C24H24O4S. The van der Waals surface area contributed by atoms with Crippen molar-refractivity contribution in [2.75, 3.05) is 6.61 Å². The Bertz CT molecular complexity index is 1000. The van der Waals surface area contributed by atoms with Crippen molar-refractivity contribution in [2.45, 2.75) is 50.7 Å². The van der Waals surface area contributed by atoms with Crippen LogP contribution in [0.25, 0.3) is 11.3 Å². The third-order valence-electron chi connectivity index (χ3n) is 5.93. The Balaban J connectivity index is 1.41. The molecule has 1 aromatic carbocycles. The highest BCUT2D eigenvalue weighted by molar-refractivity contribution is 7.10. The van der Waals surface area contributed by atoms with Gasteiger partial charge in [-0.2, -0.15) is 0 Å². The van der Waals surface area contributed by atoms with Gasteiger partial charge in [-0.05, 0) is 55.5 Å². The van der Waals surface area contributed by atoms with Gasteiger partial charge in [0.25, 0.3) is 0 Å². The molecule has 150 valence electrons. The first kappa shape index (κ1) is 18.6. The summed E-state index contributed by atoms with van der Waals surface area (Å²) in [6.45, 7) is 2.17. The average Bonchev–Trinajstić information content (AvgIpc) is 3.44. The molecule has 0 radical (unpaired) electrons. The monoisotopic (exact) mass is 408 g/mol. The largest absolute Gasteiger partial charge is 0.462 e. The third-order valence-corrected chi connectivity index (χ3v) is 6.99. The van der Waals surface area contributed by atoms with Crippen molar-refractivity contribution in [3.63, 3.8) is 0 Å². The van der Waals surface area contributed by atoms with E-state index in [9.17, 15) is 4.79 Å². The van der Waals surface area contributed by atoms with Crippen LogP contribution < -0.4 is 0 Å². The van der Waals surface area contributed by atoms with Crippen molar-refractivity contribution in [1.29, 1.82) is 0 Å². The summed E-state index contributed by atoms with van der Waals surface area (Å²) in [4.78, 5) is 13.3. The van der Waals surface area contributed by atoms with Gasteiger partial charge in [0.1, 0.15) is 17.6 Å². The molecule has 3 heterocycles. The van der Waals surface area contributed by atoms with Crippen molar-refractivity contribution in [2.24, 2.45) is 0 Å². The Labute approximate surface area is 174 Å². The van der Waals surface area contributed by atoms with Gasteiger partial charge in [-0.1, -0.05) is 25.0 Å². The second-order valence-corrected chi connectivity index (χ2v) is 8.63. The maximum atomic E-state index is 11.8. The third kappa shape index (κ3) is 3.43. The number of rotatable bonds is 4. The number of furan rings is 1. The summed E-state index contributed by atoms with van der Waals surface area (Å²) < 4.78 is 17.8. The minimum Gasteiger partial charge on any atom is -0.462 e. The molecule has 0 spiro atoms. The lowest BCUT2D eigenvalue weighted by Gasteiger charge is -2.38. The van der Waals surface area contributed by atoms with E-state index in [1.807, 2.05) is 35.6 Å². The molecule has 0 bridgehead atoms. The summed E-state index contributed by atoms with van der Waals surface area (Å²) >= 11 is 1.86. The lowest BCUT2D eigenvalue weighted by molar-refractivity contribution is -0.0451. The molecule has 5 rings (SSSR count). The molecule has 0 unspecified atom stereocenters. The van der Waals surface area contributed by atoms with Crippen LogP contribution in [0.3, 0.4) is 0 Å². The summed E-state index contributed by atoms with van der Waals surface area (Å²) in [5.41, 5.74) is 2.74. The molecule has 0 saturated heterocycles. The van der Waals surface area contributed by atoms with E-state index in [1.54, 1.807) is 19.1 Å². The number of thiophene rings is 1. The molecule has 0 amide bonds. The molecule has 3 atom stereocenters. The normalized spacial score (nSPS) is 23.3. The van der Waals surface area contributed by atoms with E-state index >= 15 is 0 Å². The van der Waals surface area contributed by atoms with E-state index < -0.39 is 0 Å². The van der Waals surface area contributed by atoms with Crippen LogP contribution in [0.15, 0.2) is 52.3 Å². The van der Waals surface area contributed by atoms with Crippen molar-refractivity contribution in [3.8, 4) is 11.3 Å². The molecule has 4 nitrogen and oxygen atoms in total. The zero-order valence-electron chi connectivity index (χ0n) is 16.4. The molecule has 1 fully saturated rings. The Morgan fingerprint density at radius 2 is 1.93 bits per heavy atom. The molecule has 1 aliphatic carbocycles. The molecular weight excluding hydrogens is 384 g/mol. The molecule has 1 aliphatic heterocycles. The van der Waals surface area contributed by atoms with Gasteiger partial charge < -0.3 is 13.9 Å². The Hall–Kier alpha value is -2.37. The number of hydrogen-bond acceptors (Lipinski definition) is 5. The van der Waals surface area contributed by atoms with E-state index in [0.717, 1.165) is 23.5 Å². The number of benzene rings is 1. The van der Waals surface area contributed by atoms with Crippen LogP contribution in [-0.4, -0.2) is 18.7 Å². The first-order valence-electron chi connectivity index (χ1n) is 10.3. The fraction of sp³-hybridized carbons (Fsp3) is 0.375. The van der Waals surface area contributed by atoms with Gasteiger partial charge in [-0.25, -0.2) is 4.79 Å². The standard InChI is InChI=1S/C24H24O4S/c1-2-26-24(25)16-9-7-15(8-10-16)19-11-12-21(27-19)22-18-13-14-29-23(18)17-5-3-4-6-20(17)28-22/h7-14,17,20,22H,2-6H2,1H3/t17-,20-,22-/m0/s1. The van der Waals surface area contributed by atoms with Crippen LogP contribution >= 0.6 is 11.3 Å². The smallest absolute Gasteiger partial charge is 0.338 e. The summed E-state index contributed by atoms with van der Waals surface area (Å²) in [5, 5.41) is 2.18. The maximum Gasteiger partial charge on any atom is 0.338 e. The Kier molecular flexibility index (Phi) is 5.02. The highest BCUT2D eigenvalue weighted by atomic mass is 32.1. The van der Waals surface area contributed by atoms with Gasteiger partial charge in [-0.3, -0.25) is 0 Å². The summed E-state index contributed by atoms with van der Waals surface area (Å²) in [7, 11) is 0. The lowest BCUT2D eigenvalue weighted by atomic mass is 9.81. The first-order chi connectivity index (χ1) is 14.2. The molecule has 1 saturated carbocycles. The van der Waals surface area contributed by atoms with E-state index in [2.05, 4.69) is 11.4 Å². The number of ether oxygens (including phenoxy) is 2. The molecule has 2 aromatic heterocycles. The van der Waals surface area contributed by atoms with Gasteiger partial charge in [0.15, 0.2) is 0 Å². The summed E-state index contributed by atoms with van der Waals surface area (Å²) in [6, 6.07) is 13.5. The van der Waals surface area contributed by atoms with E-state index in [1.165, 1.54) is 29.7 Å². The number of carbonyl (C=O) groups excluding carboxylic acids is 1. The van der Waals surface area contributed by atoms with E-state index in [0.29, 0.717) is 18.1 Å². The number of carbonyl (C=O) groups is 1. The minimum atomic E-state index is -0.304. The topological polar surface area (TPSA) is 48.7 Å². The zero-order valence-corrected chi connectivity index (χ0v) is 17.2. The Morgan fingerprint density at radius 1 is 1.10 bits per heavy atom. The van der Waals surface area contributed by atoms with Gasteiger partial charge in [-0.15, -0.1) is 11.3 Å². The van der Waals surface area contributed by atoms with Crippen molar-refractivity contribution in [3.05, 3.63) is 69.6 Å². The van der Waals surface area contributed by atoms with Gasteiger partial charge in [0, 0.05) is 21.9 Å². The predicted molar refractivity (Wildman–Crippen MR) is 112 cm³/mol. The second kappa shape index (κ2) is 7.81. The second-order valence-electron chi connectivity index (χ2n) is 7.69. The highest BCUT2D eigenvalue weighted by Crippen LogP contribution is 2.49. The average molecular weight is 409 g/mol. The summed E-state index contributed by atoms with van der Waals surface area (Å²) in [6.07, 6.45) is 5.03.